The lowest BCUT2D eigenvalue weighted by atomic mass is 10.0. The maximum atomic E-state index is 13.5. The zero-order valence-corrected chi connectivity index (χ0v) is 16.7. The fraction of sp³-hybridized carbons (Fsp3) is 0.200. The third kappa shape index (κ3) is 3.66. The summed E-state index contributed by atoms with van der Waals surface area (Å²) >= 11 is 0. The van der Waals surface area contributed by atoms with Gasteiger partial charge in [0.05, 0.1) is 11.3 Å². The van der Waals surface area contributed by atoms with E-state index >= 15 is 0 Å². The van der Waals surface area contributed by atoms with Gasteiger partial charge in [0.15, 0.2) is 0 Å². The first-order valence-corrected chi connectivity index (χ1v) is 9.84. The van der Waals surface area contributed by atoms with Gasteiger partial charge >= 0.3 is 0 Å². The fourth-order valence-electron chi connectivity index (χ4n) is 3.85. The molecular formula is C25H24N2O2. The molecule has 0 saturated heterocycles. The average molecular weight is 384 g/mol. The van der Waals surface area contributed by atoms with Crippen LogP contribution in [0, 0.1) is 6.92 Å². The number of likely N-dealkylation sites (N-methyl/N-ethyl adjacent to an activating group) is 1. The molecule has 2 amide bonds. The van der Waals surface area contributed by atoms with Crippen molar-refractivity contribution >= 4 is 17.5 Å². The van der Waals surface area contributed by atoms with Crippen LogP contribution < -0.4 is 4.90 Å². The van der Waals surface area contributed by atoms with Crippen LogP contribution in [0.2, 0.25) is 0 Å². The first-order valence-electron chi connectivity index (χ1n) is 9.84. The van der Waals surface area contributed by atoms with Gasteiger partial charge in [-0.25, -0.2) is 0 Å². The third-order valence-electron chi connectivity index (χ3n) is 5.51. The summed E-state index contributed by atoms with van der Waals surface area (Å²) in [5.41, 5.74) is 4.31. The molecule has 0 bridgehead atoms. The van der Waals surface area contributed by atoms with Crippen LogP contribution in [0.5, 0.6) is 0 Å². The SMILES string of the molecule is Cc1ccc(C2C(=O)N(C)c3ccccc3C(=O)N2CCc2ccccc2)cc1. The van der Waals surface area contributed by atoms with Crippen molar-refractivity contribution < 1.29 is 9.59 Å². The summed E-state index contributed by atoms with van der Waals surface area (Å²) in [5, 5.41) is 0. The van der Waals surface area contributed by atoms with Crippen LogP contribution in [0.4, 0.5) is 5.69 Å². The molecule has 0 N–H and O–H groups in total. The van der Waals surface area contributed by atoms with E-state index in [9.17, 15) is 9.59 Å². The van der Waals surface area contributed by atoms with Crippen LogP contribution in [0.3, 0.4) is 0 Å². The van der Waals surface area contributed by atoms with Crippen LogP contribution in [0.1, 0.15) is 33.1 Å². The molecule has 0 aliphatic carbocycles. The number of rotatable bonds is 4. The van der Waals surface area contributed by atoms with Gasteiger partial charge in [-0.1, -0.05) is 72.3 Å². The van der Waals surface area contributed by atoms with Gasteiger partial charge < -0.3 is 9.80 Å². The van der Waals surface area contributed by atoms with Crippen LogP contribution in [-0.2, 0) is 11.2 Å². The Morgan fingerprint density at radius 1 is 0.828 bits per heavy atom. The minimum Gasteiger partial charge on any atom is -0.322 e. The molecule has 1 heterocycles. The maximum Gasteiger partial charge on any atom is 0.256 e. The number of carbonyl (C=O) groups is 2. The molecule has 1 atom stereocenters. The largest absolute Gasteiger partial charge is 0.322 e. The van der Waals surface area contributed by atoms with Crippen molar-refractivity contribution in [3.8, 4) is 0 Å². The lowest BCUT2D eigenvalue weighted by Gasteiger charge is -2.30. The molecule has 4 nitrogen and oxygen atoms in total. The first-order chi connectivity index (χ1) is 14.1. The Labute approximate surface area is 171 Å². The maximum absolute atomic E-state index is 13.5. The van der Waals surface area contributed by atoms with Crippen LogP contribution in [-0.4, -0.2) is 30.3 Å². The summed E-state index contributed by atoms with van der Waals surface area (Å²) in [6.45, 7) is 2.48. The van der Waals surface area contributed by atoms with Crippen molar-refractivity contribution in [1.29, 1.82) is 0 Å². The number of para-hydroxylation sites is 1. The quantitative estimate of drug-likeness (QED) is 0.669. The molecule has 0 saturated carbocycles. The molecule has 4 heteroatoms. The van der Waals surface area contributed by atoms with E-state index in [2.05, 4.69) is 0 Å². The van der Waals surface area contributed by atoms with Gasteiger partial charge in [-0.15, -0.1) is 0 Å². The van der Waals surface area contributed by atoms with E-state index in [1.807, 2.05) is 79.7 Å². The number of hydrogen-bond acceptors (Lipinski definition) is 2. The van der Waals surface area contributed by atoms with Gasteiger partial charge in [0.2, 0.25) is 0 Å². The number of hydrogen-bond donors (Lipinski definition) is 0. The number of amides is 2. The number of carbonyl (C=O) groups excluding carboxylic acids is 2. The number of nitrogens with zero attached hydrogens (tertiary/aromatic N) is 2. The molecule has 29 heavy (non-hydrogen) atoms. The summed E-state index contributed by atoms with van der Waals surface area (Å²) < 4.78 is 0. The highest BCUT2D eigenvalue weighted by molar-refractivity contribution is 6.10. The summed E-state index contributed by atoms with van der Waals surface area (Å²) in [7, 11) is 1.75. The minimum atomic E-state index is -0.649. The molecule has 1 aliphatic heterocycles. The highest BCUT2D eigenvalue weighted by Crippen LogP contribution is 2.34. The Hall–Kier alpha value is -3.40. The van der Waals surface area contributed by atoms with Crippen LogP contribution in [0.15, 0.2) is 78.9 Å². The second-order valence-corrected chi connectivity index (χ2v) is 7.46. The predicted molar refractivity (Wildman–Crippen MR) is 115 cm³/mol. The Balaban J connectivity index is 1.78. The smallest absolute Gasteiger partial charge is 0.256 e. The molecule has 0 radical (unpaired) electrons. The van der Waals surface area contributed by atoms with Gasteiger partial charge in [-0.3, -0.25) is 9.59 Å². The van der Waals surface area contributed by atoms with Crippen molar-refractivity contribution in [1.82, 2.24) is 4.90 Å². The van der Waals surface area contributed by atoms with Crippen molar-refractivity contribution in [3.05, 3.63) is 101 Å². The van der Waals surface area contributed by atoms with Crippen molar-refractivity contribution in [2.75, 3.05) is 18.5 Å². The molecule has 3 aromatic carbocycles. The highest BCUT2D eigenvalue weighted by Gasteiger charge is 2.38. The van der Waals surface area contributed by atoms with Crippen LogP contribution in [0.25, 0.3) is 0 Å². The Morgan fingerprint density at radius 2 is 1.48 bits per heavy atom. The third-order valence-corrected chi connectivity index (χ3v) is 5.51. The normalized spacial score (nSPS) is 16.6. The molecule has 146 valence electrons. The number of aryl methyl sites for hydroxylation is 1. The van der Waals surface area contributed by atoms with Crippen LogP contribution >= 0.6 is 0 Å². The lowest BCUT2D eigenvalue weighted by Crippen LogP contribution is -2.42. The summed E-state index contributed by atoms with van der Waals surface area (Å²) in [6, 6.07) is 24.6. The van der Waals surface area contributed by atoms with Gasteiger partial charge in [0.25, 0.3) is 11.8 Å². The van der Waals surface area contributed by atoms with E-state index in [0.29, 0.717) is 24.2 Å². The molecule has 3 aromatic rings. The standard InChI is InChI=1S/C25H24N2O2/c1-18-12-14-20(15-13-18)23-25(29)26(2)22-11-7-6-10-21(22)24(28)27(23)17-16-19-8-4-3-5-9-19/h3-15,23H,16-17H2,1-2H3. The molecule has 0 aromatic heterocycles. The molecular weight excluding hydrogens is 360 g/mol. The highest BCUT2D eigenvalue weighted by atomic mass is 16.2. The second-order valence-electron chi connectivity index (χ2n) is 7.46. The Kier molecular flexibility index (Phi) is 5.17. The first kappa shape index (κ1) is 18.9. The van der Waals surface area contributed by atoms with E-state index in [1.54, 1.807) is 22.9 Å². The van der Waals surface area contributed by atoms with Gasteiger partial charge in [0.1, 0.15) is 6.04 Å². The number of anilines is 1. The topological polar surface area (TPSA) is 40.6 Å². The molecule has 0 fully saturated rings. The molecule has 4 rings (SSSR count). The number of fused-ring (bicyclic) bond motifs is 1. The molecule has 1 aliphatic rings. The monoisotopic (exact) mass is 384 g/mol. The van der Waals surface area contributed by atoms with Crippen molar-refractivity contribution in [3.63, 3.8) is 0 Å². The van der Waals surface area contributed by atoms with E-state index in [-0.39, 0.29) is 11.8 Å². The van der Waals surface area contributed by atoms with Gasteiger partial charge in [-0.05, 0) is 36.6 Å². The zero-order valence-electron chi connectivity index (χ0n) is 16.7. The minimum absolute atomic E-state index is 0.0970. The second kappa shape index (κ2) is 7.92. The fourth-order valence-corrected chi connectivity index (χ4v) is 3.85. The van der Waals surface area contributed by atoms with E-state index in [1.165, 1.54) is 0 Å². The van der Waals surface area contributed by atoms with Crippen molar-refractivity contribution in [2.24, 2.45) is 0 Å². The zero-order chi connectivity index (χ0) is 20.4. The average Bonchev–Trinajstić information content (AvgIpc) is 2.83. The van der Waals surface area contributed by atoms with Gasteiger partial charge in [-0.2, -0.15) is 0 Å². The summed E-state index contributed by atoms with van der Waals surface area (Å²) in [6.07, 6.45) is 0.689. The number of benzene rings is 3. The molecule has 0 spiro atoms. The predicted octanol–water partition coefficient (Wildman–Crippen LogP) is 4.40. The van der Waals surface area contributed by atoms with Crippen molar-refractivity contribution in [2.45, 2.75) is 19.4 Å². The van der Waals surface area contributed by atoms with Gasteiger partial charge in [0, 0.05) is 13.6 Å². The Bertz CT molecular complexity index is 1030. The lowest BCUT2D eigenvalue weighted by molar-refractivity contribution is -0.122. The molecule has 1 unspecified atom stereocenters. The van der Waals surface area contributed by atoms with E-state index in [4.69, 9.17) is 0 Å². The summed E-state index contributed by atoms with van der Waals surface area (Å²) in [5.74, 6) is -0.208. The van der Waals surface area contributed by atoms with E-state index < -0.39 is 6.04 Å². The Morgan fingerprint density at radius 3 is 2.21 bits per heavy atom. The van der Waals surface area contributed by atoms with E-state index in [0.717, 1.165) is 16.7 Å². The summed E-state index contributed by atoms with van der Waals surface area (Å²) in [4.78, 5) is 30.4.